The van der Waals surface area contributed by atoms with Crippen LogP contribution in [0, 0.1) is 5.41 Å². The molecule has 7 heteroatoms. The van der Waals surface area contributed by atoms with Gasteiger partial charge >= 0.3 is 0 Å². The minimum absolute atomic E-state index is 0.152. The molecule has 0 amide bonds. The number of para-hydroxylation sites is 1. The Morgan fingerprint density at radius 2 is 2.04 bits per heavy atom. The smallest absolute Gasteiger partial charge is 0.259 e. The van der Waals surface area contributed by atoms with Crippen LogP contribution in [0.2, 0.25) is 0 Å². The number of hydrogen-bond donors (Lipinski definition) is 1. The molecule has 3 heterocycles. The fourth-order valence-corrected chi connectivity index (χ4v) is 3.18. The molecule has 1 aromatic carbocycles. The van der Waals surface area contributed by atoms with Gasteiger partial charge in [0.15, 0.2) is 6.61 Å². The van der Waals surface area contributed by atoms with Crippen LogP contribution in [0.15, 0.2) is 53.2 Å². The minimum Gasteiger partial charge on any atom is -0.485 e. The third kappa shape index (κ3) is 4.67. The van der Waals surface area contributed by atoms with Crippen molar-refractivity contribution in [1.82, 2.24) is 20.4 Å². The van der Waals surface area contributed by atoms with E-state index in [4.69, 9.17) is 14.0 Å². The average Bonchev–Trinajstić information content (AvgIpc) is 3.22. The van der Waals surface area contributed by atoms with Gasteiger partial charge in [0.05, 0.1) is 12.2 Å². The molecule has 0 radical (unpaired) electrons. The van der Waals surface area contributed by atoms with E-state index in [0.29, 0.717) is 24.2 Å². The number of nitrogens with zero attached hydrogens (tertiary/aromatic N) is 3. The predicted molar refractivity (Wildman–Crippen MR) is 104 cm³/mol. The quantitative estimate of drug-likeness (QED) is 0.672. The maximum atomic E-state index is 5.89. The van der Waals surface area contributed by atoms with E-state index in [9.17, 15) is 0 Å². The van der Waals surface area contributed by atoms with Gasteiger partial charge in [-0.3, -0.25) is 0 Å². The molecule has 146 valence electrons. The number of pyridine rings is 1. The summed E-state index contributed by atoms with van der Waals surface area (Å²) in [5, 5.41) is 7.39. The van der Waals surface area contributed by atoms with E-state index < -0.39 is 0 Å². The van der Waals surface area contributed by atoms with Crippen LogP contribution in [0.5, 0.6) is 11.6 Å². The van der Waals surface area contributed by atoms with E-state index in [2.05, 4.69) is 27.4 Å². The van der Waals surface area contributed by atoms with Crippen LogP contribution in [-0.4, -0.2) is 34.8 Å². The number of nitrogens with one attached hydrogen (secondary N) is 1. The number of hydrogen-bond acceptors (Lipinski definition) is 7. The molecule has 1 atom stereocenters. The van der Waals surface area contributed by atoms with Gasteiger partial charge in [-0.05, 0) is 37.6 Å². The largest absolute Gasteiger partial charge is 0.485 e. The Balaban J connectivity index is 1.33. The Labute approximate surface area is 164 Å². The van der Waals surface area contributed by atoms with Crippen LogP contribution in [0.1, 0.15) is 25.6 Å². The van der Waals surface area contributed by atoms with Gasteiger partial charge in [-0.1, -0.05) is 30.3 Å². The molecule has 0 bridgehead atoms. The number of rotatable bonds is 7. The molecule has 3 aromatic rings. The normalized spacial score (nSPS) is 19.3. The molecule has 1 N–H and O–H groups in total. The summed E-state index contributed by atoms with van der Waals surface area (Å²) < 4.78 is 16.8. The van der Waals surface area contributed by atoms with E-state index in [1.807, 2.05) is 42.5 Å². The lowest BCUT2D eigenvalue weighted by Crippen LogP contribution is -2.41. The zero-order valence-electron chi connectivity index (χ0n) is 15.9. The van der Waals surface area contributed by atoms with E-state index in [0.717, 1.165) is 30.8 Å². The number of benzene rings is 1. The molecule has 1 aliphatic heterocycles. The molecule has 1 aliphatic rings. The van der Waals surface area contributed by atoms with Gasteiger partial charge in [0.1, 0.15) is 5.75 Å². The van der Waals surface area contributed by atoms with E-state index in [-0.39, 0.29) is 12.0 Å². The van der Waals surface area contributed by atoms with Gasteiger partial charge < -0.3 is 19.3 Å². The molecule has 1 fully saturated rings. The van der Waals surface area contributed by atoms with Crippen molar-refractivity contribution in [3.05, 3.63) is 54.5 Å². The summed E-state index contributed by atoms with van der Waals surface area (Å²) in [6.45, 7) is 5.19. The highest BCUT2D eigenvalue weighted by Gasteiger charge is 2.27. The van der Waals surface area contributed by atoms with Crippen LogP contribution in [0.3, 0.4) is 0 Å². The second kappa shape index (κ2) is 8.39. The second-order valence-corrected chi connectivity index (χ2v) is 7.38. The molecule has 1 unspecified atom stereocenters. The summed E-state index contributed by atoms with van der Waals surface area (Å²) in [5.41, 5.74) is 0.898. The Hall–Kier alpha value is -2.93. The van der Waals surface area contributed by atoms with Crippen molar-refractivity contribution in [1.29, 1.82) is 0 Å². The topological polar surface area (TPSA) is 82.3 Å². The second-order valence-electron chi connectivity index (χ2n) is 7.38. The average molecular weight is 380 g/mol. The molecule has 2 aromatic heterocycles. The lowest BCUT2D eigenvalue weighted by atomic mass is 9.84. The van der Waals surface area contributed by atoms with Gasteiger partial charge in [0.2, 0.25) is 11.7 Å². The Kier molecular flexibility index (Phi) is 5.53. The standard InChI is InChI=1S/C21H24N4O3/c1-21(10-5-11-22-14-21)15-27-19-9-8-16(12-23-19)20-24-18(25-28-20)13-26-17-6-3-2-4-7-17/h2-4,6-9,12,22H,5,10-11,13-15H2,1H3. The number of piperidine rings is 1. The molecule has 7 nitrogen and oxygen atoms in total. The number of aromatic nitrogens is 3. The predicted octanol–water partition coefficient (Wildman–Crippen LogP) is 3.48. The lowest BCUT2D eigenvalue weighted by molar-refractivity contribution is 0.125. The molecule has 0 spiro atoms. The van der Waals surface area contributed by atoms with Crippen molar-refractivity contribution in [2.45, 2.75) is 26.4 Å². The van der Waals surface area contributed by atoms with Gasteiger partial charge in [0, 0.05) is 24.2 Å². The minimum atomic E-state index is 0.152. The lowest BCUT2D eigenvalue weighted by Gasteiger charge is -2.33. The highest BCUT2D eigenvalue weighted by molar-refractivity contribution is 5.51. The first-order valence-electron chi connectivity index (χ1n) is 9.51. The maximum Gasteiger partial charge on any atom is 0.259 e. The van der Waals surface area contributed by atoms with E-state index in [1.54, 1.807) is 6.20 Å². The Bertz CT molecular complexity index is 874. The first-order valence-corrected chi connectivity index (χ1v) is 9.51. The van der Waals surface area contributed by atoms with Crippen molar-refractivity contribution in [2.75, 3.05) is 19.7 Å². The fraction of sp³-hybridized carbons (Fsp3) is 0.381. The van der Waals surface area contributed by atoms with E-state index in [1.165, 1.54) is 6.42 Å². The monoisotopic (exact) mass is 380 g/mol. The van der Waals surface area contributed by atoms with E-state index >= 15 is 0 Å². The summed E-state index contributed by atoms with van der Waals surface area (Å²) in [4.78, 5) is 8.74. The van der Waals surface area contributed by atoms with Crippen molar-refractivity contribution in [3.63, 3.8) is 0 Å². The summed E-state index contributed by atoms with van der Waals surface area (Å²) in [5.74, 6) is 2.26. The summed E-state index contributed by atoms with van der Waals surface area (Å²) in [6.07, 6.45) is 4.03. The van der Waals surface area contributed by atoms with Crippen LogP contribution in [-0.2, 0) is 6.61 Å². The van der Waals surface area contributed by atoms with Crippen LogP contribution in [0.25, 0.3) is 11.5 Å². The summed E-state index contributed by atoms with van der Waals surface area (Å²) in [7, 11) is 0. The van der Waals surface area contributed by atoms with Crippen LogP contribution in [0.4, 0.5) is 0 Å². The van der Waals surface area contributed by atoms with Crippen LogP contribution >= 0.6 is 0 Å². The van der Waals surface area contributed by atoms with Crippen LogP contribution < -0.4 is 14.8 Å². The summed E-state index contributed by atoms with van der Waals surface area (Å²) >= 11 is 0. The molecule has 28 heavy (non-hydrogen) atoms. The molecule has 1 saturated heterocycles. The van der Waals surface area contributed by atoms with Gasteiger partial charge in [-0.15, -0.1) is 0 Å². The van der Waals surface area contributed by atoms with Gasteiger partial charge in [0.25, 0.3) is 5.89 Å². The van der Waals surface area contributed by atoms with Gasteiger partial charge in [-0.25, -0.2) is 4.98 Å². The molecular weight excluding hydrogens is 356 g/mol. The molecule has 4 rings (SSSR count). The Morgan fingerprint density at radius 1 is 1.14 bits per heavy atom. The Morgan fingerprint density at radius 3 is 2.79 bits per heavy atom. The van der Waals surface area contributed by atoms with Crippen molar-refractivity contribution in [2.24, 2.45) is 5.41 Å². The van der Waals surface area contributed by atoms with Crippen molar-refractivity contribution in [3.8, 4) is 23.1 Å². The zero-order valence-corrected chi connectivity index (χ0v) is 15.9. The first-order chi connectivity index (χ1) is 13.7. The number of ether oxygens (including phenoxy) is 2. The molecular formula is C21H24N4O3. The first kappa shape index (κ1) is 18.4. The maximum absolute atomic E-state index is 5.89. The molecule has 0 saturated carbocycles. The highest BCUT2D eigenvalue weighted by Crippen LogP contribution is 2.26. The summed E-state index contributed by atoms with van der Waals surface area (Å²) in [6, 6.07) is 13.2. The third-order valence-electron chi connectivity index (χ3n) is 4.82. The molecule has 0 aliphatic carbocycles. The van der Waals surface area contributed by atoms with Crippen molar-refractivity contribution >= 4 is 0 Å². The third-order valence-corrected chi connectivity index (χ3v) is 4.82. The van der Waals surface area contributed by atoms with Gasteiger partial charge in [-0.2, -0.15) is 4.98 Å². The SMILES string of the molecule is CC1(COc2ccc(-c3nc(COc4ccccc4)no3)cn2)CCCNC1. The zero-order chi connectivity index (χ0) is 19.2. The highest BCUT2D eigenvalue weighted by atomic mass is 16.5. The fourth-order valence-electron chi connectivity index (χ4n) is 3.18. The van der Waals surface area contributed by atoms with Crippen molar-refractivity contribution < 1.29 is 14.0 Å².